The lowest BCUT2D eigenvalue weighted by atomic mass is 10.1. The van der Waals surface area contributed by atoms with Crippen molar-refractivity contribution in [3.05, 3.63) is 59.9 Å². The lowest BCUT2D eigenvalue weighted by Gasteiger charge is -2.11. The summed E-state index contributed by atoms with van der Waals surface area (Å²) in [6, 6.07) is 13.5. The third kappa shape index (κ3) is 2.62. The molecule has 0 unspecified atom stereocenters. The van der Waals surface area contributed by atoms with Crippen LogP contribution in [0.4, 0.5) is 10.3 Å². The summed E-state index contributed by atoms with van der Waals surface area (Å²) in [5, 5.41) is 13.1. The second-order valence-corrected chi connectivity index (χ2v) is 4.55. The molecule has 0 saturated heterocycles. The van der Waals surface area contributed by atoms with Crippen molar-refractivity contribution in [1.29, 1.82) is 0 Å². The van der Waals surface area contributed by atoms with Gasteiger partial charge >= 0.3 is 0 Å². The zero-order chi connectivity index (χ0) is 13.9. The number of rotatable bonds is 4. The highest BCUT2D eigenvalue weighted by Gasteiger charge is 2.08. The molecule has 3 aromatic rings. The van der Waals surface area contributed by atoms with E-state index in [0.717, 1.165) is 11.0 Å². The number of benzene rings is 2. The lowest BCUT2D eigenvalue weighted by Crippen LogP contribution is -2.12. The number of aliphatic hydroxyl groups excluding tert-OH is 1. The molecule has 0 saturated carbocycles. The normalized spacial score (nSPS) is 12.5. The number of halogens is 1. The first kappa shape index (κ1) is 12.6. The zero-order valence-corrected chi connectivity index (χ0v) is 10.7. The molecule has 0 radical (unpaired) electrons. The van der Waals surface area contributed by atoms with E-state index in [4.69, 9.17) is 0 Å². The summed E-state index contributed by atoms with van der Waals surface area (Å²) >= 11 is 0. The highest BCUT2D eigenvalue weighted by Crippen LogP contribution is 2.16. The number of para-hydroxylation sites is 2. The van der Waals surface area contributed by atoms with Gasteiger partial charge in [0.15, 0.2) is 0 Å². The van der Waals surface area contributed by atoms with Gasteiger partial charge in [0.25, 0.3) is 0 Å². The molecule has 0 fully saturated rings. The minimum atomic E-state index is -0.719. The Bertz CT molecular complexity index is 675. The summed E-state index contributed by atoms with van der Waals surface area (Å²) in [5.41, 5.74) is 2.47. The average molecular weight is 271 g/mol. The predicted octanol–water partition coefficient (Wildman–Crippen LogP) is 2.85. The van der Waals surface area contributed by atoms with Gasteiger partial charge in [-0.1, -0.05) is 24.3 Å². The molecule has 5 heteroatoms. The Morgan fingerprint density at radius 1 is 1.15 bits per heavy atom. The number of anilines is 1. The number of hydrogen-bond acceptors (Lipinski definition) is 3. The van der Waals surface area contributed by atoms with Gasteiger partial charge in [0.05, 0.1) is 17.1 Å². The molecular formula is C15H14FN3O. The molecule has 3 rings (SSSR count). The smallest absolute Gasteiger partial charge is 0.201 e. The topological polar surface area (TPSA) is 60.9 Å². The molecule has 1 aromatic heterocycles. The Kier molecular flexibility index (Phi) is 3.35. The fraction of sp³-hybridized carbons (Fsp3) is 0.133. The van der Waals surface area contributed by atoms with Crippen LogP contribution in [0.2, 0.25) is 0 Å². The van der Waals surface area contributed by atoms with Gasteiger partial charge in [-0.3, -0.25) is 0 Å². The predicted molar refractivity (Wildman–Crippen MR) is 75.9 cm³/mol. The van der Waals surface area contributed by atoms with Crippen LogP contribution in [-0.2, 0) is 0 Å². The quantitative estimate of drug-likeness (QED) is 0.683. The van der Waals surface area contributed by atoms with Crippen LogP contribution in [0.1, 0.15) is 11.7 Å². The van der Waals surface area contributed by atoms with Crippen molar-refractivity contribution in [2.24, 2.45) is 0 Å². The van der Waals surface area contributed by atoms with Gasteiger partial charge in [0, 0.05) is 6.54 Å². The van der Waals surface area contributed by atoms with Crippen molar-refractivity contribution in [2.45, 2.75) is 6.10 Å². The number of aromatic amines is 1. The molecule has 20 heavy (non-hydrogen) atoms. The molecule has 1 heterocycles. The monoisotopic (exact) mass is 271 g/mol. The van der Waals surface area contributed by atoms with Crippen molar-refractivity contribution in [3.63, 3.8) is 0 Å². The third-order valence-corrected chi connectivity index (χ3v) is 3.11. The molecule has 102 valence electrons. The van der Waals surface area contributed by atoms with Gasteiger partial charge in [-0.15, -0.1) is 0 Å². The van der Waals surface area contributed by atoms with Gasteiger partial charge in [0.2, 0.25) is 5.95 Å². The second-order valence-electron chi connectivity index (χ2n) is 4.55. The number of aromatic nitrogens is 2. The van der Waals surface area contributed by atoms with Crippen LogP contribution >= 0.6 is 0 Å². The Morgan fingerprint density at radius 3 is 2.65 bits per heavy atom. The molecule has 0 aliphatic rings. The maximum absolute atomic E-state index is 12.8. The number of nitrogens with one attached hydrogen (secondary N) is 2. The first-order chi connectivity index (χ1) is 9.72. The minimum absolute atomic E-state index is 0.297. The van der Waals surface area contributed by atoms with Gasteiger partial charge in [-0.05, 0) is 29.8 Å². The Morgan fingerprint density at radius 2 is 1.90 bits per heavy atom. The molecule has 1 atom stereocenters. The Hall–Kier alpha value is -2.40. The molecule has 2 aromatic carbocycles. The van der Waals surface area contributed by atoms with E-state index in [1.807, 2.05) is 24.3 Å². The summed E-state index contributed by atoms with van der Waals surface area (Å²) in [7, 11) is 0. The highest BCUT2D eigenvalue weighted by atomic mass is 19.1. The molecule has 0 amide bonds. The highest BCUT2D eigenvalue weighted by molar-refractivity contribution is 5.77. The van der Waals surface area contributed by atoms with E-state index in [1.54, 1.807) is 12.1 Å². The van der Waals surface area contributed by atoms with Crippen LogP contribution in [0.15, 0.2) is 48.5 Å². The van der Waals surface area contributed by atoms with Crippen molar-refractivity contribution in [1.82, 2.24) is 9.97 Å². The summed E-state index contributed by atoms with van der Waals surface area (Å²) in [6.45, 7) is 0.297. The van der Waals surface area contributed by atoms with Gasteiger partial charge in [-0.25, -0.2) is 9.37 Å². The number of hydrogen-bond donors (Lipinski definition) is 3. The fourth-order valence-corrected chi connectivity index (χ4v) is 2.03. The SMILES string of the molecule is O[C@H](CNc1nc2ccccc2[nH]1)c1ccc(F)cc1. The average Bonchev–Trinajstić information content (AvgIpc) is 2.88. The Balaban J connectivity index is 1.68. The third-order valence-electron chi connectivity index (χ3n) is 3.11. The molecule has 3 N–H and O–H groups in total. The fourth-order valence-electron chi connectivity index (χ4n) is 2.03. The van der Waals surface area contributed by atoms with Crippen LogP contribution < -0.4 is 5.32 Å². The summed E-state index contributed by atoms with van der Waals surface area (Å²) in [4.78, 5) is 7.47. The standard InChI is InChI=1S/C15H14FN3O/c16-11-7-5-10(6-8-11)14(20)9-17-15-18-12-3-1-2-4-13(12)19-15/h1-8,14,20H,9H2,(H2,17,18,19)/t14-/m1/s1. The van der Waals surface area contributed by atoms with E-state index in [1.165, 1.54) is 12.1 Å². The molecule has 0 bridgehead atoms. The Labute approximate surface area is 115 Å². The molecule has 4 nitrogen and oxygen atoms in total. The number of fused-ring (bicyclic) bond motifs is 1. The van der Waals surface area contributed by atoms with E-state index in [-0.39, 0.29) is 5.82 Å². The van der Waals surface area contributed by atoms with Crippen molar-refractivity contribution in [3.8, 4) is 0 Å². The van der Waals surface area contributed by atoms with E-state index < -0.39 is 6.10 Å². The van der Waals surface area contributed by atoms with Crippen LogP contribution in [0.3, 0.4) is 0 Å². The molecule has 0 spiro atoms. The largest absolute Gasteiger partial charge is 0.387 e. The van der Waals surface area contributed by atoms with Gasteiger partial charge in [0.1, 0.15) is 5.82 Å². The molecule has 0 aliphatic heterocycles. The van der Waals surface area contributed by atoms with Crippen molar-refractivity contribution in [2.75, 3.05) is 11.9 Å². The van der Waals surface area contributed by atoms with Crippen LogP contribution in [0.25, 0.3) is 11.0 Å². The summed E-state index contributed by atoms with van der Waals surface area (Å²) in [5.74, 6) is 0.290. The first-order valence-corrected chi connectivity index (χ1v) is 6.34. The van der Waals surface area contributed by atoms with Crippen LogP contribution in [-0.4, -0.2) is 21.6 Å². The van der Waals surface area contributed by atoms with E-state index in [0.29, 0.717) is 18.1 Å². The molecular weight excluding hydrogens is 257 g/mol. The first-order valence-electron chi connectivity index (χ1n) is 6.34. The van der Waals surface area contributed by atoms with Crippen molar-refractivity contribution < 1.29 is 9.50 Å². The number of imidazole rings is 1. The second kappa shape index (κ2) is 5.30. The van der Waals surface area contributed by atoms with E-state index >= 15 is 0 Å². The van der Waals surface area contributed by atoms with Gasteiger partial charge in [-0.2, -0.15) is 0 Å². The number of H-pyrrole nitrogens is 1. The summed E-state index contributed by atoms with van der Waals surface area (Å²) < 4.78 is 12.8. The van der Waals surface area contributed by atoms with Gasteiger partial charge < -0.3 is 15.4 Å². The van der Waals surface area contributed by atoms with Crippen LogP contribution in [0.5, 0.6) is 0 Å². The maximum Gasteiger partial charge on any atom is 0.201 e. The number of nitrogens with zero attached hydrogens (tertiary/aromatic N) is 1. The van der Waals surface area contributed by atoms with Crippen LogP contribution in [0, 0.1) is 5.82 Å². The summed E-state index contributed by atoms with van der Waals surface area (Å²) in [6.07, 6.45) is -0.719. The van der Waals surface area contributed by atoms with E-state index in [9.17, 15) is 9.50 Å². The molecule has 0 aliphatic carbocycles. The van der Waals surface area contributed by atoms with Crippen molar-refractivity contribution >= 4 is 17.0 Å². The minimum Gasteiger partial charge on any atom is -0.387 e. The zero-order valence-electron chi connectivity index (χ0n) is 10.7. The number of aliphatic hydroxyl groups is 1. The maximum atomic E-state index is 12.8. The lowest BCUT2D eigenvalue weighted by molar-refractivity contribution is 0.191. The van der Waals surface area contributed by atoms with E-state index in [2.05, 4.69) is 15.3 Å².